The second-order valence-electron chi connectivity index (χ2n) is 11.5. The van der Waals surface area contributed by atoms with Gasteiger partial charge in [-0.1, -0.05) is 39.3 Å². The lowest BCUT2D eigenvalue weighted by Gasteiger charge is -2.56. The van der Waals surface area contributed by atoms with Crippen molar-refractivity contribution in [1.29, 1.82) is 0 Å². The Morgan fingerprint density at radius 1 is 1.11 bits per heavy atom. The van der Waals surface area contributed by atoms with Crippen LogP contribution in [0, 0.1) is 28.6 Å². The molecule has 7 nitrogen and oxygen atoms in total. The van der Waals surface area contributed by atoms with Crippen LogP contribution in [0.25, 0.3) is 0 Å². The maximum atomic E-state index is 13.9. The Morgan fingerprint density at radius 3 is 2.51 bits per heavy atom. The van der Waals surface area contributed by atoms with Crippen molar-refractivity contribution in [3.05, 3.63) is 23.8 Å². The van der Waals surface area contributed by atoms with E-state index in [2.05, 4.69) is 13.8 Å². The van der Waals surface area contributed by atoms with Crippen LogP contribution in [0.2, 0.25) is 0 Å². The third kappa shape index (κ3) is 3.00. The fourth-order valence-electron chi connectivity index (χ4n) is 8.44. The summed E-state index contributed by atoms with van der Waals surface area (Å²) in [6.07, 6.45) is 8.66. The van der Waals surface area contributed by atoms with Crippen LogP contribution in [0.15, 0.2) is 23.8 Å². The zero-order valence-corrected chi connectivity index (χ0v) is 21.3. The second kappa shape index (κ2) is 7.86. The third-order valence-electron chi connectivity index (χ3n) is 10.1. The fraction of sp³-hybridized carbons (Fsp3) is 0.714. The molecule has 0 radical (unpaired) electrons. The zero-order valence-electron chi connectivity index (χ0n) is 21.3. The molecule has 4 aliphatic carbocycles. The van der Waals surface area contributed by atoms with E-state index in [1.165, 1.54) is 0 Å². The number of allylic oxidation sites excluding steroid dienone is 2. The molecule has 35 heavy (non-hydrogen) atoms. The molecule has 5 rings (SSSR count). The van der Waals surface area contributed by atoms with Crippen molar-refractivity contribution in [2.75, 3.05) is 6.61 Å². The highest BCUT2D eigenvalue weighted by Crippen LogP contribution is 2.77. The molecule has 8 atom stereocenters. The van der Waals surface area contributed by atoms with Gasteiger partial charge in [-0.05, 0) is 56.6 Å². The number of ketones is 2. The summed E-state index contributed by atoms with van der Waals surface area (Å²) in [5, 5.41) is 0. The van der Waals surface area contributed by atoms with Crippen molar-refractivity contribution in [2.24, 2.45) is 28.6 Å². The number of ether oxygens (including phenoxy) is 3. The molecule has 0 aromatic carbocycles. The highest BCUT2D eigenvalue weighted by atomic mass is 16.6. The number of hydrogen-bond donors (Lipinski definition) is 0. The topological polar surface area (TPSA) is 99.3 Å². The highest BCUT2D eigenvalue weighted by Gasteiger charge is 2.83. The smallest absolute Gasteiger partial charge is 0.306 e. The normalized spacial score (nSPS) is 44.8. The Kier molecular flexibility index (Phi) is 5.48. The largest absolute Gasteiger partial charge is 0.457 e. The van der Waals surface area contributed by atoms with Crippen LogP contribution in [0.1, 0.15) is 73.1 Å². The van der Waals surface area contributed by atoms with Gasteiger partial charge < -0.3 is 14.2 Å². The molecule has 1 saturated heterocycles. The molecule has 4 fully saturated rings. The van der Waals surface area contributed by atoms with Gasteiger partial charge in [0.2, 0.25) is 5.78 Å². The summed E-state index contributed by atoms with van der Waals surface area (Å²) in [4.78, 5) is 50.5. The summed E-state index contributed by atoms with van der Waals surface area (Å²) >= 11 is 0. The molecule has 1 aliphatic heterocycles. The Labute approximate surface area is 206 Å². The van der Waals surface area contributed by atoms with Crippen molar-refractivity contribution in [3.63, 3.8) is 0 Å². The van der Waals surface area contributed by atoms with E-state index in [4.69, 9.17) is 14.2 Å². The average Bonchev–Trinajstić information content (AvgIpc) is 3.50. The third-order valence-corrected chi connectivity index (χ3v) is 10.1. The first-order chi connectivity index (χ1) is 16.5. The second-order valence-corrected chi connectivity index (χ2v) is 11.5. The number of rotatable bonds is 6. The lowest BCUT2D eigenvalue weighted by atomic mass is 9.46. The SMILES string of the molecule is CCC(=O)OCC(=O)[C@@]1(OC(=O)CC)[C@@H](C)C[C@@H]2[C@@H]3CCC4=CC(=O)C=C[C@]4(C)[C@@]34O[C@H]4C[C@@]21C. The molecule has 0 aromatic heterocycles. The van der Waals surface area contributed by atoms with Gasteiger partial charge in [-0.25, -0.2) is 0 Å². The van der Waals surface area contributed by atoms with Gasteiger partial charge in [0.05, 0.1) is 6.10 Å². The van der Waals surface area contributed by atoms with E-state index in [0.29, 0.717) is 6.42 Å². The molecule has 3 saturated carbocycles. The van der Waals surface area contributed by atoms with Crippen LogP contribution in [0.3, 0.4) is 0 Å². The summed E-state index contributed by atoms with van der Waals surface area (Å²) in [5.74, 6) is -1.14. The van der Waals surface area contributed by atoms with E-state index in [0.717, 1.165) is 24.8 Å². The van der Waals surface area contributed by atoms with Crippen LogP contribution >= 0.6 is 0 Å². The van der Waals surface area contributed by atoms with E-state index in [1.807, 2.05) is 13.0 Å². The van der Waals surface area contributed by atoms with Crippen molar-refractivity contribution in [2.45, 2.75) is 90.4 Å². The zero-order chi connectivity index (χ0) is 25.4. The summed E-state index contributed by atoms with van der Waals surface area (Å²) in [5.41, 5.74) is -1.64. The molecule has 5 aliphatic rings. The first-order valence-electron chi connectivity index (χ1n) is 13.0. The molecular formula is C28H36O7. The molecule has 0 aromatic rings. The van der Waals surface area contributed by atoms with E-state index in [-0.39, 0.29) is 53.7 Å². The molecule has 0 amide bonds. The summed E-state index contributed by atoms with van der Waals surface area (Å²) in [6.45, 7) is 9.24. The summed E-state index contributed by atoms with van der Waals surface area (Å²) in [7, 11) is 0. The first kappa shape index (κ1) is 24.4. The van der Waals surface area contributed by atoms with Gasteiger partial charge in [-0.15, -0.1) is 0 Å². The van der Waals surface area contributed by atoms with Gasteiger partial charge in [-0.3, -0.25) is 19.2 Å². The van der Waals surface area contributed by atoms with Gasteiger partial charge in [0, 0.05) is 29.6 Å². The Morgan fingerprint density at radius 2 is 1.83 bits per heavy atom. The van der Waals surface area contributed by atoms with E-state index >= 15 is 0 Å². The fourth-order valence-corrected chi connectivity index (χ4v) is 8.44. The summed E-state index contributed by atoms with van der Waals surface area (Å²) < 4.78 is 18.0. The Balaban J connectivity index is 1.55. The number of epoxide rings is 1. The molecule has 0 N–H and O–H groups in total. The number of fused-ring (bicyclic) bond motifs is 3. The molecule has 0 unspecified atom stereocenters. The number of Topliss-reactive ketones (excluding diaryl/α,β-unsaturated/α-hetero) is 1. The minimum atomic E-state index is -1.37. The van der Waals surface area contributed by atoms with E-state index < -0.39 is 35.2 Å². The lowest BCUT2D eigenvalue weighted by Crippen LogP contribution is -2.63. The van der Waals surface area contributed by atoms with E-state index in [9.17, 15) is 19.2 Å². The predicted octanol–water partition coefficient (Wildman–Crippen LogP) is 3.89. The molecular weight excluding hydrogens is 448 g/mol. The molecule has 7 heteroatoms. The van der Waals surface area contributed by atoms with Gasteiger partial charge in [0.25, 0.3) is 0 Å². The van der Waals surface area contributed by atoms with Crippen LogP contribution in [-0.2, 0) is 33.4 Å². The number of carbonyl (C=O) groups excluding carboxylic acids is 4. The van der Waals surface area contributed by atoms with Crippen molar-refractivity contribution in [1.82, 2.24) is 0 Å². The minimum Gasteiger partial charge on any atom is -0.457 e. The maximum Gasteiger partial charge on any atom is 0.306 e. The van der Waals surface area contributed by atoms with Crippen LogP contribution < -0.4 is 0 Å². The standard InChI is InChI=1S/C28H36O7/c1-6-23(31)33-15-21(30)27(35-24(32)7-2)16(3)12-20-19-9-8-17-13-18(29)10-11-25(17,4)28(19)22(34-28)14-26(20,27)5/h10-11,13,16,19-20,22H,6-9,12,14-15H2,1-5H3/t16-,19-,20+,22-,25-,26-,27-,28+/m0/s1. The van der Waals surface area contributed by atoms with Crippen molar-refractivity contribution in [3.8, 4) is 0 Å². The van der Waals surface area contributed by atoms with Gasteiger partial charge in [-0.2, -0.15) is 0 Å². The average molecular weight is 485 g/mol. The molecule has 1 heterocycles. The molecule has 190 valence electrons. The lowest BCUT2D eigenvalue weighted by molar-refractivity contribution is -0.194. The number of hydrogen-bond acceptors (Lipinski definition) is 7. The Hall–Kier alpha value is -2.28. The molecule has 1 spiro atoms. The van der Waals surface area contributed by atoms with Crippen molar-refractivity contribution >= 4 is 23.5 Å². The van der Waals surface area contributed by atoms with Gasteiger partial charge in [0.15, 0.2) is 18.0 Å². The van der Waals surface area contributed by atoms with Crippen LogP contribution in [-0.4, -0.2) is 47.4 Å². The van der Waals surface area contributed by atoms with Gasteiger partial charge >= 0.3 is 11.9 Å². The Bertz CT molecular complexity index is 1060. The van der Waals surface area contributed by atoms with Crippen molar-refractivity contribution < 1.29 is 33.4 Å². The minimum absolute atomic E-state index is 0.0254. The van der Waals surface area contributed by atoms with Gasteiger partial charge in [0.1, 0.15) is 5.60 Å². The quantitative estimate of drug-likeness (QED) is 0.417. The molecule has 0 bridgehead atoms. The number of esters is 2. The van der Waals surface area contributed by atoms with Crippen LogP contribution in [0.4, 0.5) is 0 Å². The van der Waals surface area contributed by atoms with Crippen LogP contribution in [0.5, 0.6) is 0 Å². The predicted molar refractivity (Wildman–Crippen MR) is 126 cm³/mol. The highest BCUT2D eigenvalue weighted by molar-refractivity contribution is 6.01. The monoisotopic (exact) mass is 484 g/mol. The first-order valence-corrected chi connectivity index (χ1v) is 13.0. The summed E-state index contributed by atoms with van der Waals surface area (Å²) in [6, 6.07) is 0. The van der Waals surface area contributed by atoms with E-state index in [1.54, 1.807) is 26.0 Å². The number of carbonyl (C=O) groups is 4. The maximum absolute atomic E-state index is 13.9.